The molecule has 2 aromatic carbocycles. The normalized spacial score (nSPS) is 12.2. The Hall–Kier alpha value is -1.96. The van der Waals surface area contributed by atoms with Crippen molar-refractivity contribution >= 4 is 0 Å². The summed E-state index contributed by atoms with van der Waals surface area (Å²) in [7, 11) is 0. The zero-order valence-corrected chi connectivity index (χ0v) is 16.5. The number of rotatable bonds is 7. The van der Waals surface area contributed by atoms with Crippen molar-refractivity contribution in [3.05, 3.63) is 59.2 Å². The number of hydrogen-bond donors (Lipinski definition) is 1. The van der Waals surface area contributed by atoms with E-state index in [0.717, 1.165) is 18.4 Å². The molecule has 0 saturated carbocycles. The molecule has 2 heteroatoms. The van der Waals surface area contributed by atoms with Gasteiger partial charge in [0.15, 0.2) is 0 Å². The highest BCUT2D eigenvalue weighted by Gasteiger charge is 2.28. The number of ether oxygens (including phenoxy) is 1. The first-order valence-electron chi connectivity index (χ1n) is 9.25. The molecule has 0 spiro atoms. The fraction of sp³-hybridized carbons (Fsp3) is 0.478. The molecule has 0 aliphatic heterocycles. The van der Waals surface area contributed by atoms with Crippen LogP contribution in [0.5, 0.6) is 11.5 Å². The van der Waals surface area contributed by atoms with Gasteiger partial charge in [0.05, 0.1) is 0 Å². The highest BCUT2D eigenvalue weighted by Crippen LogP contribution is 2.38. The predicted octanol–water partition coefficient (Wildman–Crippen LogP) is 6.35. The molecule has 0 saturated heterocycles. The highest BCUT2D eigenvalue weighted by molar-refractivity contribution is 5.41. The van der Waals surface area contributed by atoms with E-state index in [2.05, 4.69) is 59.7 Å². The van der Waals surface area contributed by atoms with Crippen LogP contribution in [0.2, 0.25) is 0 Å². The van der Waals surface area contributed by atoms with E-state index in [1.54, 1.807) is 18.2 Å². The summed E-state index contributed by atoms with van der Waals surface area (Å²) in [4.78, 5) is 0. The van der Waals surface area contributed by atoms with Gasteiger partial charge < -0.3 is 9.84 Å². The summed E-state index contributed by atoms with van der Waals surface area (Å²) in [5.41, 5.74) is 4.30. The van der Waals surface area contributed by atoms with Gasteiger partial charge in [0, 0.05) is 6.07 Å². The SMILES string of the molecule is CCC(C)(C)c1ccc(COc2cccc(O)c2)cc1C(C)(C)CC. The molecule has 0 bridgehead atoms. The van der Waals surface area contributed by atoms with E-state index in [9.17, 15) is 5.11 Å². The third-order valence-electron chi connectivity index (χ3n) is 5.53. The summed E-state index contributed by atoms with van der Waals surface area (Å²) in [6.45, 7) is 14.3. The van der Waals surface area contributed by atoms with E-state index < -0.39 is 0 Å². The Morgan fingerprint density at radius 3 is 2.08 bits per heavy atom. The molecular formula is C23H32O2. The van der Waals surface area contributed by atoms with Gasteiger partial charge >= 0.3 is 0 Å². The van der Waals surface area contributed by atoms with E-state index in [-0.39, 0.29) is 16.6 Å². The number of benzene rings is 2. The topological polar surface area (TPSA) is 29.5 Å². The van der Waals surface area contributed by atoms with E-state index in [1.807, 2.05) is 6.07 Å². The molecule has 0 fully saturated rings. The standard InChI is InChI=1S/C23H32O2/c1-7-22(3,4)20-13-12-17(14-21(20)23(5,6)8-2)16-25-19-11-9-10-18(24)15-19/h9-15,24H,7-8,16H2,1-6H3. The molecule has 0 aliphatic rings. The van der Waals surface area contributed by atoms with Crippen LogP contribution in [0.1, 0.15) is 71.1 Å². The summed E-state index contributed by atoms with van der Waals surface area (Å²) >= 11 is 0. The summed E-state index contributed by atoms with van der Waals surface area (Å²) in [6, 6.07) is 13.7. The second-order valence-corrected chi connectivity index (χ2v) is 8.14. The van der Waals surface area contributed by atoms with E-state index in [0.29, 0.717) is 12.4 Å². The Morgan fingerprint density at radius 1 is 0.840 bits per heavy atom. The van der Waals surface area contributed by atoms with Crippen LogP contribution in [-0.4, -0.2) is 5.11 Å². The van der Waals surface area contributed by atoms with Crippen LogP contribution in [0.15, 0.2) is 42.5 Å². The van der Waals surface area contributed by atoms with Crippen molar-refractivity contribution < 1.29 is 9.84 Å². The van der Waals surface area contributed by atoms with Crippen LogP contribution in [0.25, 0.3) is 0 Å². The molecule has 0 amide bonds. The lowest BCUT2D eigenvalue weighted by atomic mass is 9.71. The van der Waals surface area contributed by atoms with Crippen molar-refractivity contribution in [3.8, 4) is 11.5 Å². The highest BCUT2D eigenvalue weighted by atomic mass is 16.5. The van der Waals surface area contributed by atoms with Crippen molar-refractivity contribution in [1.29, 1.82) is 0 Å². The van der Waals surface area contributed by atoms with Gasteiger partial charge in [-0.1, -0.05) is 65.8 Å². The summed E-state index contributed by atoms with van der Waals surface area (Å²) < 4.78 is 5.87. The fourth-order valence-electron chi connectivity index (χ4n) is 2.95. The third kappa shape index (κ3) is 4.56. The molecule has 1 N–H and O–H groups in total. The van der Waals surface area contributed by atoms with Crippen LogP contribution in [0.3, 0.4) is 0 Å². The average Bonchev–Trinajstić information content (AvgIpc) is 2.59. The lowest BCUT2D eigenvalue weighted by molar-refractivity contribution is 0.303. The first-order valence-corrected chi connectivity index (χ1v) is 9.25. The summed E-state index contributed by atoms with van der Waals surface area (Å²) in [5, 5.41) is 9.57. The van der Waals surface area contributed by atoms with Crippen LogP contribution in [-0.2, 0) is 17.4 Å². The first kappa shape index (κ1) is 19.4. The number of aromatic hydroxyl groups is 1. The van der Waals surface area contributed by atoms with Crippen LogP contribution in [0, 0.1) is 0 Å². The molecule has 0 heterocycles. The summed E-state index contributed by atoms with van der Waals surface area (Å²) in [6.07, 6.45) is 2.20. The summed E-state index contributed by atoms with van der Waals surface area (Å²) in [5.74, 6) is 0.916. The molecule has 2 aromatic rings. The molecule has 0 unspecified atom stereocenters. The Labute approximate surface area is 152 Å². The maximum atomic E-state index is 9.57. The zero-order valence-electron chi connectivity index (χ0n) is 16.5. The smallest absolute Gasteiger partial charge is 0.123 e. The minimum Gasteiger partial charge on any atom is -0.508 e. The van der Waals surface area contributed by atoms with E-state index in [1.165, 1.54) is 11.1 Å². The van der Waals surface area contributed by atoms with Gasteiger partial charge in [-0.2, -0.15) is 0 Å². The Bertz CT molecular complexity index is 714. The molecule has 0 atom stereocenters. The van der Waals surface area contributed by atoms with Crippen molar-refractivity contribution in [3.63, 3.8) is 0 Å². The fourth-order valence-corrected chi connectivity index (χ4v) is 2.95. The Kier molecular flexibility index (Phi) is 5.82. The lowest BCUT2D eigenvalue weighted by Gasteiger charge is -2.34. The molecule has 0 radical (unpaired) electrons. The molecule has 25 heavy (non-hydrogen) atoms. The Morgan fingerprint density at radius 2 is 1.48 bits per heavy atom. The van der Waals surface area contributed by atoms with Crippen molar-refractivity contribution in [1.82, 2.24) is 0 Å². The maximum absolute atomic E-state index is 9.57. The number of phenols is 1. The largest absolute Gasteiger partial charge is 0.508 e. The average molecular weight is 341 g/mol. The van der Waals surface area contributed by atoms with Crippen LogP contribution < -0.4 is 4.74 Å². The van der Waals surface area contributed by atoms with Gasteiger partial charge in [0.25, 0.3) is 0 Å². The molecule has 2 rings (SSSR count). The van der Waals surface area contributed by atoms with Crippen LogP contribution >= 0.6 is 0 Å². The number of hydrogen-bond acceptors (Lipinski definition) is 2. The van der Waals surface area contributed by atoms with E-state index in [4.69, 9.17) is 4.74 Å². The minimum absolute atomic E-state index is 0.128. The lowest BCUT2D eigenvalue weighted by Crippen LogP contribution is -2.25. The van der Waals surface area contributed by atoms with Gasteiger partial charge in [0.2, 0.25) is 0 Å². The number of phenolic OH excluding ortho intramolecular Hbond substituents is 1. The first-order chi connectivity index (χ1) is 11.7. The van der Waals surface area contributed by atoms with E-state index >= 15 is 0 Å². The minimum atomic E-state index is 0.128. The van der Waals surface area contributed by atoms with Gasteiger partial charge in [-0.05, 0) is 52.5 Å². The van der Waals surface area contributed by atoms with Crippen LogP contribution in [0.4, 0.5) is 0 Å². The molecular weight excluding hydrogens is 308 g/mol. The van der Waals surface area contributed by atoms with Crippen molar-refractivity contribution in [2.75, 3.05) is 0 Å². The third-order valence-corrected chi connectivity index (χ3v) is 5.53. The van der Waals surface area contributed by atoms with Gasteiger partial charge in [-0.15, -0.1) is 0 Å². The van der Waals surface area contributed by atoms with Gasteiger partial charge in [-0.3, -0.25) is 0 Å². The maximum Gasteiger partial charge on any atom is 0.123 e. The van der Waals surface area contributed by atoms with Crippen molar-refractivity contribution in [2.45, 2.75) is 71.8 Å². The second kappa shape index (κ2) is 7.51. The quantitative estimate of drug-likeness (QED) is 0.636. The second-order valence-electron chi connectivity index (χ2n) is 8.14. The molecule has 136 valence electrons. The predicted molar refractivity (Wildman–Crippen MR) is 106 cm³/mol. The molecule has 2 nitrogen and oxygen atoms in total. The zero-order chi connectivity index (χ0) is 18.7. The Balaban J connectivity index is 2.33. The molecule has 0 aliphatic carbocycles. The molecule has 0 aromatic heterocycles. The van der Waals surface area contributed by atoms with Crippen molar-refractivity contribution in [2.24, 2.45) is 0 Å². The van der Waals surface area contributed by atoms with Gasteiger partial charge in [0.1, 0.15) is 18.1 Å². The monoisotopic (exact) mass is 340 g/mol. The van der Waals surface area contributed by atoms with Gasteiger partial charge in [-0.25, -0.2) is 0 Å².